The molecule has 4 rings (SSSR count). The van der Waals surface area contributed by atoms with E-state index in [-0.39, 0.29) is 13.2 Å². The van der Waals surface area contributed by atoms with Crippen molar-refractivity contribution in [2.45, 2.75) is 71.2 Å². The summed E-state index contributed by atoms with van der Waals surface area (Å²) in [6, 6.07) is 23.5. The van der Waals surface area contributed by atoms with E-state index < -0.39 is 24.5 Å². The van der Waals surface area contributed by atoms with Crippen LogP contribution >= 0.6 is 0 Å². The molecular formula is C34H41N3O7. The quantitative estimate of drug-likeness (QED) is 0.194. The van der Waals surface area contributed by atoms with Crippen LogP contribution in [0.15, 0.2) is 78.9 Å². The van der Waals surface area contributed by atoms with E-state index in [9.17, 15) is 14.4 Å². The van der Waals surface area contributed by atoms with Gasteiger partial charge in [0.05, 0.1) is 0 Å². The highest BCUT2D eigenvalue weighted by molar-refractivity contribution is 5.72. The first-order valence-electron chi connectivity index (χ1n) is 15.2. The van der Waals surface area contributed by atoms with Gasteiger partial charge in [0, 0.05) is 26.1 Å². The minimum atomic E-state index is -0.728. The van der Waals surface area contributed by atoms with Crippen molar-refractivity contribution in [3.8, 4) is 17.2 Å². The molecular weight excluding hydrogens is 562 g/mol. The maximum atomic E-state index is 13.0. The molecule has 0 aliphatic carbocycles. The van der Waals surface area contributed by atoms with Crippen molar-refractivity contribution in [2.24, 2.45) is 0 Å². The summed E-state index contributed by atoms with van der Waals surface area (Å²) in [6.45, 7) is 3.58. The van der Waals surface area contributed by atoms with Crippen LogP contribution in [0.1, 0.15) is 63.0 Å². The Labute approximate surface area is 258 Å². The Morgan fingerprint density at radius 2 is 1.48 bits per heavy atom. The lowest BCUT2D eigenvalue weighted by Gasteiger charge is -2.33. The van der Waals surface area contributed by atoms with Crippen molar-refractivity contribution in [3.63, 3.8) is 0 Å². The minimum Gasteiger partial charge on any atom is -0.457 e. The summed E-state index contributed by atoms with van der Waals surface area (Å²) in [7, 11) is 0. The highest BCUT2D eigenvalue weighted by Gasteiger charge is 2.31. The summed E-state index contributed by atoms with van der Waals surface area (Å²) in [5.74, 6) is 1.69. The summed E-state index contributed by atoms with van der Waals surface area (Å²) in [4.78, 5) is 38.8. The summed E-state index contributed by atoms with van der Waals surface area (Å²) in [6.07, 6.45) is 4.11. The number of amides is 3. The first-order chi connectivity index (χ1) is 21.5. The van der Waals surface area contributed by atoms with Crippen molar-refractivity contribution in [1.29, 1.82) is 0 Å². The first kappa shape index (κ1) is 32.2. The maximum absolute atomic E-state index is 13.0. The molecule has 10 heteroatoms. The predicted octanol–water partition coefficient (Wildman–Crippen LogP) is 7.52. The number of hydrogen-bond donors (Lipinski definition) is 2. The molecule has 0 bridgehead atoms. The highest BCUT2D eigenvalue weighted by Crippen LogP contribution is 2.25. The smallest absolute Gasteiger partial charge is 0.418 e. The zero-order chi connectivity index (χ0) is 31.0. The van der Waals surface area contributed by atoms with Crippen molar-refractivity contribution >= 4 is 18.3 Å². The molecule has 1 atom stereocenters. The summed E-state index contributed by atoms with van der Waals surface area (Å²) in [5.41, 5.74) is 1.69. The molecule has 0 radical (unpaired) electrons. The van der Waals surface area contributed by atoms with Gasteiger partial charge >= 0.3 is 18.3 Å². The molecule has 1 heterocycles. The molecule has 1 fully saturated rings. The number of carbonyl (C=O) groups excluding carboxylic acids is 3. The van der Waals surface area contributed by atoms with Crippen LogP contribution in [0.25, 0.3) is 0 Å². The first-order valence-corrected chi connectivity index (χ1v) is 15.2. The molecule has 3 amide bonds. The molecule has 1 saturated heterocycles. The number of para-hydroxylation sites is 1. The average Bonchev–Trinajstić information content (AvgIpc) is 3.05. The van der Waals surface area contributed by atoms with E-state index in [2.05, 4.69) is 17.6 Å². The molecule has 44 heavy (non-hydrogen) atoms. The Hall–Kier alpha value is -4.73. The van der Waals surface area contributed by atoms with Gasteiger partial charge in [-0.3, -0.25) is 4.90 Å². The average molecular weight is 604 g/mol. The van der Waals surface area contributed by atoms with Gasteiger partial charge < -0.3 is 29.6 Å². The van der Waals surface area contributed by atoms with Gasteiger partial charge in [0.2, 0.25) is 0 Å². The van der Waals surface area contributed by atoms with Gasteiger partial charge in [0.1, 0.15) is 23.9 Å². The topological polar surface area (TPSA) is 115 Å². The number of benzene rings is 3. The predicted molar refractivity (Wildman–Crippen MR) is 165 cm³/mol. The van der Waals surface area contributed by atoms with Crippen molar-refractivity contribution < 1.29 is 33.3 Å². The highest BCUT2D eigenvalue weighted by atomic mass is 16.6. The van der Waals surface area contributed by atoms with Crippen LogP contribution in [0.4, 0.5) is 14.4 Å². The summed E-state index contributed by atoms with van der Waals surface area (Å²) in [5, 5.41) is 5.50. The molecule has 1 unspecified atom stereocenters. The SMILES string of the molecule is CCCCCCNC(=O)OCc1ccc(CNC(=O)OC2CCCCN2C(=O)Oc2ccc(Oc3ccccc3)cc2)cc1. The number of nitrogens with one attached hydrogen (secondary N) is 2. The normalized spacial score (nSPS) is 14.3. The molecule has 3 aromatic rings. The molecule has 3 aromatic carbocycles. The number of ether oxygens (including phenoxy) is 4. The van der Waals surface area contributed by atoms with Gasteiger partial charge in [0.15, 0.2) is 6.23 Å². The van der Waals surface area contributed by atoms with Crippen LogP contribution in [-0.2, 0) is 22.6 Å². The third kappa shape index (κ3) is 10.8. The van der Waals surface area contributed by atoms with Gasteiger partial charge in [-0.05, 0) is 66.8 Å². The molecule has 1 aliphatic rings. The second-order valence-electron chi connectivity index (χ2n) is 10.5. The number of likely N-dealkylation sites (tertiary alicyclic amines) is 1. The molecule has 1 aliphatic heterocycles. The van der Waals surface area contributed by atoms with Crippen LogP contribution in [0.3, 0.4) is 0 Å². The molecule has 2 N–H and O–H groups in total. The number of alkyl carbamates (subject to hydrolysis) is 2. The van der Waals surface area contributed by atoms with Crippen LogP contribution in [0, 0.1) is 0 Å². The van der Waals surface area contributed by atoms with Crippen LogP contribution in [0.2, 0.25) is 0 Å². The van der Waals surface area contributed by atoms with E-state index in [1.165, 1.54) is 4.90 Å². The zero-order valence-electron chi connectivity index (χ0n) is 25.2. The third-order valence-corrected chi connectivity index (χ3v) is 7.06. The molecule has 0 aromatic heterocycles. The number of piperidine rings is 1. The maximum Gasteiger partial charge on any atom is 0.418 e. The lowest BCUT2D eigenvalue weighted by atomic mass is 10.1. The lowest BCUT2D eigenvalue weighted by Crippen LogP contribution is -2.48. The van der Waals surface area contributed by atoms with Gasteiger partial charge in [-0.1, -0.05) is 68.7 Å². The van der Waals surface area contributed by atoms with Crippen molar-refractivity contribution in [3.05, 3.63) is 90.0 Å². The van der Waals surface area contributed by atoms with E-state index >= 15 is 0 Å². The number of rotatable bonds is 13. The van der Waals surface area contributed by atoms with E-state index in [1.54, 1.807) is 24.3 Å². The third-order valence-electron chi connectivity index (χ3n) is 7.06. The summed E-state index contributed by atoms with van der Waals surface area (Å²) < 4.78 is 22.2. The molecule has 10 nitrogen and oxygen atoms in total. The number of nitrogens with zero attached hydrogens (tertiary/aromatic N) is 1. The Morgan fingerprint density at radius 3 is 2.23 bits per heavy atom. The van der Waals surface area contributed by atoms with Crippen molar-refractivity contribution in [1.82, 2.24) is 15.5 Å². The van der Waals surface area contributed by atoms with Gasteiger partial charge in [-0.2, -0.15) is 0 Å². The number of unbranched alkanes of at least 4 members (excludes halogenated alkanes) is 3. The van der Waals surface area contributed by atoms with E-state index in [0.717, 1.165) is 49.7 Å². The fraction of sp³-hybridized carbons (Fsp3) is 0.382. The fourth-order valence-corrected chi connectivity index (χ4v) is 4.63. The van der Waals surface area contributed by atoms with E-state index in [1.807, 2.05) is 54.6 Å². The fourth-order valence-electron chi connectivity index (χ4n) is 4.63. The van der Waals surface area contributed by atoms with Crippen LogP contribution in [0.5, 0.6) is 17.2 Å². The number of hydrogen-bond acceptors (Lipinski definition) is 7. The van der Waals surface area contributed by atoms with E-state index in [0.29, 0.717) is 36.8 Å². The summed E-state index contributed by atoms with van der Waals surface area (Å²) >= 11 is 0. The Kier molecular flexibility index (Phi) is 12.7. The second-order valence-corrected chi connectivity index (χ2v) is 10.5. The molecule has 234 valence electrons. The molecule has 0 saturated carbocycles. The number of carbonyl (C=O) groups is 3. The van der Waals surface area contributed by atoms with E-state index in [4.69, 9.17) is 18.9 Å². The standard InChI is InChI=1S/C34H41N3O7/c1-2-3-4-9-22-35-32(38)41-25-27-16-14-26(15-17-27)24-36-33(39)44-31-13-8-10-23-37(31)34(40)43-30-20-18-29(19-21-30)42-28-11-6-5-7-12-28/h5-7,11-12,14-21,31H,2-4,8-10,13,22-25H2,1H3,(H,35,38)(H,36,39). The minimum absolute atomic E-state index is 0.162. The lowest BCUT2D eigenvalue weighted by molar-refractivity contribution is -0.0226. The van der Waals surface area contributed by atoms with Gasteiger partial charge in [-0.15, -0.1) is 0 Å². The van der Waals surface area contributed by atoms with Crippen molar-refractivity contribution in [2.75, 3.05) is 13.1 Å². The Bertz CT molecular complexity index is 1320. The van der Waals surface area contributed by atoms with Gasteiger partial charge in [0.25, 0.3) is 0 Å². The Morgan fingerprint density at radius 1 is 0.773 bits per heavy atom. The largest absolute Gasteiger partial charge is 0.457 e. The van der Waals surface area contributed by atoms with Crippen LogP contribution in [-0.4, -0.2) is 42.5 Å². The molecule has 0 spiro atoms. The van der Waals surface area contributed by atoms with Gasteiger partial charge in [-0.25, -0.2) is 14.4 Å². The monoisotopic (exact) mass is 603 g/mol. The zero-order valence-corrected chi connectivity index (χ0v) is 25.2. The second kappa shape index (κ2) is 17.4. The Balaban J connectivity index is 1.18. The van der Waals surface area contributed by atoms with Crippen LogP contribution < -0.4 is 20.1 Å².